The maximum atomic E-state index is 9.25. The molecule has 0 heterocycles. The molecule has 0 aromatic rings. The molecule has 0 aromatic carbocycles. The van der Waals surface area contributed by atoms with Crippen molar-refractivity contribution in [3.63, 3.8) is 0 Å². The Kier molecular flexibility index (Phi) is 4.41. The minimum atomic E-state index is -0.188. The highest BCUT2D eigenvalue weighted by Crippen LogP contribution is 2.10. The topological polar surface area (TPSA) is 20.2 Å². The first kappa shape index (κ1) is 8.70. The summed E-state index contributed by atoms with van der Waals surface area (Å²) >= 11 is 0. The fourth-order valence-corrected chi connectivity index (χ4v) is 0.675. The zero-order valence-electron chi connectivity index (χ0n) is 6.30. The minimum absolute atomic E-state index is 0.188. The highest BCUT2D eigenvalue weighted by molar-refractivity contribution is 4.74. The molecule has 9 heavy (non-hydrogen) atoms. The number of rotatable bonds is 4. The quantitative estimate of drug-likeness (QED) is 0.574. The van der Waals surface area contributed by atoms with Gasteiger partial charge in [-0.05, 0) is 12.3 Å². The molecule has 0 amide bonds. The van der Waals surface area contributed by atoms with E-state index in [2.05, 4.69) is 13.5 Å². The van der Waals surface area contributed by atoms with Gasteiger partial charge in [0.25, 0.3) is 0 Å². The Balaban J connectivity index is 3.44. The molecule has 1 N–H and O–H groups in total. The van der Waals surface area contributed by atoms with Crippen LogP contribution >= 0.6 is 0 Å². The van der Waals surface area contributed by atoms with Crippen LogP contribution in [0, 0.1) is 5.92 Å². The van der Waals surface area contributed by atoms with Crippen LogP contribution in [0.5, 0.6) is 0 Å². The molecule has 0 bridgehead atoms. The van der Waals surface area contributed by atoms with Crippen LogP contribution in [-0.2, 0) is 0 Å². The summed E-state index contributed by atoms with van der Waals surface area (Å²) in [6.07, 6.45) is 3.33. The van der Waals surface area contributed by atoms with Gasteiger partial charge in [-0.25, -0.2) is 0 Å². The van der Waals surface area contributed by atoms with E-state index in [9.17, 15) is 5.11 Å². The van der Waals surface area contributed by atoms with Gasteiger partial charge < -0.3 is 5.11 Å². The molecule has 0 aliphatic heterocycles. The average Bonchev–Trinajstić information content (AvgIpc) is 1.87. The predicted molar refractivity (Wildman–Crippen MR) is 40.3 cm³/mol. The van der Waals surface area contributed by atoms with Gasteiger partial charge in [0.15, 0.2) is 0 Å². The van der Waals surface area contributed by atoms with Gasteiger partial charge in [-0.15, -0.1) is 6.58 Å². The summed E-state index contributed by atoms with van der Waals surface area (Å²) in [5.41, 5.74) is 0. The summed E-state index contributed by atoms with van der Waals surface area (Å²) < 4.78 is 0. The lowest BCUT2D eigenvalue weighted by atomic mass is 10.00. The molecule has 1 heteroatoms. The van der Waals surface area contributed by atoms with Crippen LogP contribution < -0.4 is 0 Å². The summed E-state index contributed by atoms with van der Waals surface area (Å²) in [5.74, 6) is 0.406. The molecule has 54 valence electrons. The van der Waals surface area contributed by atoms with Gasteiger partial charge in [0, 0.05) is 0 Å². The maximum Gasteiger partial charge on any atom is 0.0599 e. The maximum absolute atomic E-state index is 9.25. The minimum Gasteiger partial charge on any atom is -0.393 e. The van der Waals surface area contributed by atoms with Gasteiger partial charge in [-0.2, -0.15) is 0 Å². The smallest absolute Gasteiger partial charge is 0.0599 e. The highest BCUT2D eigenvalue weighted by atomic mass is 16.3. The van der Waals surface area contributed by atoms with E-state index in [1.165, 1.54) is 0 Å². The predicted octanol–water partition coefficient (Wildman–Crippen LogP) is 1.97. The van der Waals surface area contributed by atoms with Crippen LogP contribution in [-0.4, -0.2) is 11.2 Å². The second kappa shape index (κ2) is 4.57. The molecule has 0 radical (unpaired) electrons. The van der Waals surface area contributed by atoms with Gasteiger partial charge in [0.1, 0.15) is 0 Å². The van der Waals surface area contributed by atoms with E-state index in [0.717, 1.165) is 12.8 Å². The zero-order chi connectivity index (χ0) is 7.28. The Labute approximate surface area is 57.4 Å². The largest absolute Gasteiger partial charge is 0.393 e. The molecular formula is C8H16O. The zero-order valence-corrected chi connectivity index (χ0v) is 6.30. The molecule has 0 aliphatic rings. The monoisotopic (exact) mass is 128 g/mol. The van der Waals surface area contributed by atoms with Gasteiger partial charge >= 0.3 is 0 Å². The Morgan fingerprint density at radius 2 is 2.22 bits per heavy atom. The SMILES string of the molecule is C=CC[C@@H](O)[C@H](C)CC. The molecule has 0 fully saturated rings. The summed E-state index contributed by atoms with van der Waals surface area (Å²) in [6.45, 7) is 7.69. The fourth-order valence-electron chi connectivity index (χ4n) is 0.675. The van der Waals surface area contributed by atoms with Crippen LogP contribution in [0.3, 0.4) is 0 Å². The average molecular weight is 128 g/mol. The second-order valence-corrected chi connectivity index (χ2v) is 2.48. The van der Waals surface area contributed by atoms with Gasteiger partial charge in [-0.3, -0.25) is 0 Å². The molecule has 0 aliphatic carbocycles. The van der Waals surface area contributed by atoms with Crippen LogP contribution in [0.2, 0.25) is 0 Å². The molecule has 0 rings (SSSR count). The summed E-state index contributed by atoms with van der Waals surface area (Å²) in [5, 5.41) is 9.25. The first-order valence-electron chi connectivity index (χ1n) is 3.51. The number of aliphatic hydroxyl groups excluding tert-OH is 1. The molecule has 1 nitrogen and oxygen atoms in total. The molecule has 2 atom stereocenters. The van der Waals surface area contributed by atoms with Gasteiger partial charge in [0.05, 0.1) is 6.10 Å². The van der Waals surface area contributed by atoms with Crippen molar-refractivity contribution in [2.45, 2.75) is 32.8 Å². The molecule has 0 unspecified atom stereocenters. The van der Waals surface area contributed by atoms with Crippen LogP contribution in [0.1, 0.15) is 26.7 Å². The van der Waals surface area contributed by atoms with E-state index < -0.39 is 0 Å². The van der Waals surface area contributed by atoms with Crippen molar-refractivity contribution in [1.82, 2.24) is 0 Å². The first-order valence-corrected chi connectivity index (χ1v) is 3.51. The second-order valence-electron chi connectivity index (χ2n) is 2.48. The van der Waals surface area contributed by atoms with E-state index in [1.54, 1.807) is 6.08 Å². The Bertz CT molecular complexity index is 78.6. The first-order chi connectivity index (χ1) is 4.22. The van der Waals surface area contributed by atoms with Crippen molar-refractivity contribution in [1.29, 1.82) is 0 Å². The lowest BCUT2D eigenvalue weighted by Gasteiger charge is -2.14. The standard InChI is InChI=1S/C8H16O/c1-4-6-8(9)7(3)5-2/h4,7-9H,1,5-6H2,2-3H3/t7-,8-/m1/s1. The van der Waals surface area contributed by atoms with Crippen LogP contribution in [0.4, 0.5) is 0 Å². The van der Waals surface area contributed by atoms with E-state index in [-0.39, 0.29) is 6.10 Å². The van der Waals surface area contributed by atoms with Gasteiger partial charge in [0.2, 0.25) is 0 Å². The Morgan fingerprint density at radius 1 is 1.67 bits per heavy atom. The molecular weight excluding hydrogens is 112 g/mol. The number of hydrogen-bond donors (Lipinski definition) is 1. The van der Waals surface area contributed by atoms with E-state index in [1.807, 2.05) is 6.92 Å². The molecule has 0 spiro atoms. The van der Waals surface area contributed by atoms with Crippen molar-refractivity contribution < 1.29 is 5.11 Å². The van der Waals surface area contributed by atoms with Crippen molar-refractivity contribution >= 4 is 0 Å². The third-order valence-corrected chi connectivity index (χ3v) is 1.71. The lowest BCUT2D eigenvalue weighted by molar-refractivity contribution is 0.117. The van der Waals surface area contributed by atoms with Crippen molar-refractivity contribution in [3.05, 3.63) is 12.7 Å². The lowest BCUT2D eigenvalue weighted by Crippen LogP contribution is -2.15. The Hall–Kier alpha value is -0.300. The van der Waals surface area contributed by atoms with E-state index in [0.29, 0.717) is 5.92 Å². The third kappa shape index (κ3) is 3.31. The van der Waals surface area contributed by atoms with E-state index >= 15 is 0 Å². The van der Waals surface area contributed by atoms with Crippen molar-refractivity contribution in [3.8, 4) is 0 Å². The summed E-state index contributed by atoms with van der Waals surface area (Å²) in [4.78, 5) is 0. The van der Waals surface area contributed by atoms with Crippen molar-refractivity contribution in [2.24, 2.45) is 5.92 Å². The molecule has 0 saturated carbocycles. The van der Waals surface area contributed by atoms with E-state index in [4.69, 9.17) is 0 Å². The van der Waals surface area contributed by atoms with Crippen LogP contribution in [0.15, 0.2) is 12.7 Å². The van der Waals surface area contributed by atoms with Crippen molar-refractivity contribution in [2.75, 3.05) is 0 Å². The third-order valence-electron chi connectivity index (χ3n) is 1.71. The normalized spacial score (nSPS) is 16.8. The Morgan fingerprint density at radius 3 is 2.56 bits per heavy atom. The number of aliphatic hydroxyl groups is 1. The molecule has 0 aromatic heterocycles. The fraction of sp³-hybridized carbons (Fsp3) is 0.750. The number of hydrogen-bond acceptors (Lipinski definition) is 1. The van der Waals surface area contributed by atoms with Gasteiger partial charge in [-0.1, -0.05) is 26.3 Å². The molecule has 0 saturated heterocycles. The summed E-state index contributed by atoms with van der Waals surface area (Å²) in [6, 6.07) is 0. The highest BCUT2D eigenvalue weighted by Gasteiger charge is 2.08. The summed E-state index contributed by atoms with van der Waals surface area (Å²) in [7, 11) is 0. The van der Waals surface area contributed by atoms with Crippen LogP contribution in [0.25, 0.3) is 0 Å².